The average Bonchev–Trinajstić information content (AvgIpc) is 3.41. The Bertz CT molecular complexity index is 791. The predicted octanol–water partition coefficient (Wildman–Crippen LogP) is -1.72. The van der Waals surface area contributed by atoms with Crippen LogP contribution in [0.1, 0.15) is 38.3 Å². The van der Waals surface area contributed by atoms with Gasteiger partial charge in [-0.15, -0.1) is 0 Å². The first-order valence-electron chi connectivity index (χ1n) is 9.55. The second-order valence-electron chi connectivity index (χ2n) is 7.11. The molecule has 12 nitrogen and oxygen atoms in total. The Morgan fingerprint density at radius 3 is 2.60 bits per heavy atom. The zero-order valence-corrected chi connectivity index (χ0v) is 16.6. The molecule has 1 aromatic rings. The van der Waals surface area contributed by atoms with Crippen molar-refractivity contribution in [2.75, 3.05) is 6.54 Å². The molecule has 0 spiro atoms. The van der Waals surface area contributed by atoms with Crippen LogP contribution in [0.15, 0.2) is 12.5 Å². The number of aliphatic carboxylic acids is 1. The number of imidazole rings is 1. The van der Waals surface area contributed by atoms with Crippen molar-refractivity contribution >= 4 is 29.6 Å². The molecule has 0 aliphatic carbocycles. The number of primary amides is 1. The van der Waals surface area contributed by atoms with Gasteiger partial charge >= 0.3 is 0 Å². The summed E-state index contributed by atoms with van der Waals surface area (Å²) in [6.07, 6.45) is 5.13. The van der Waals surface area contributed by atoms with E-state index in [2.05, 4.69) is 20.6 Å². The van der Waals surface area contributed by atoms with Gasteiger partial charge < -0.3 is 31.4 Å². The van der Waals surface area contributed by atoms with Crippen molar-refractivity contribution in [3.63, 3.8) is 0 Å². The summed E-state index contributed by atoms with van der Waals surface area (Å²) in [5.41, 5.74) is 6.07. The van der Waals surface area contributed by atoms with Crippen LogP contribution >= 0.6 is 0 Å². The van der Waals surface area contributed by atoms with Crippen LogP contribution in [-0.4, -0.2) is 74.2 Å². The zero-order chi connectivity index (χ0) is 22.3. The molecule has 1 aromatic heterocycles. The number of carboxylic acid groups (broad SMARTS) is 1. The number of carbonyl (C=O) groups excluding carboxylic acids is 4. The molecule has 3 rings (SSSR count). The van der Waals surface area contributed by atoms with E-state index in [0.717, 1.165) is 6.92 Å². The van der Waals surface area contributed by atoms with Crippen molar-refractivity contribution in [2.24, 2.45) is 5.73 Å². The van der Waals surface area contributed by atoms with Crippen molar-refractivity contribution in [3.8, 4) is 0 Å². The number of rotatable bonds is 6. The van der Waals surface area contributed by atoms with Crippen molar-refractivity contribution in [1.29, 1.82) is 0 Å². The maximum atomic E-state index is 13.0. The second kappa shape index (κ2) is 10.4. The standard InChI is InChI=1S/C16H22N6O4.C2H4O2/c17-14(24)12-2-1-5-22(12)16(26)11(6-9-7-18-8-19-9)21-15(25)10-3-4-13(23)20-10;1-2(3)4/h7-8,10-12H,1-6H2,(H2,17,24)(H,18,19)(H,20,23)(H,21,25);1H3,(H,3,4). The van der Waals surface area contributed by atoms with Crippen molar-refractivity contribution in [2.45, 2.75) is 57.2 Å². The molecule has 3 atom stereocenters. The lowest BCUT2D eigenvalue weighted by Crippen LogP contribution is -2.56. The number of nitrogens with two attached hydrogens (primary N) is 1. The smallest absolute Gasteiger partial charge is 0.300 e. The number of aromatic amines is 1. The summed E-state index contributed by atoms with van der Waals surface area (Å²) >= 11 is 0. The van der Waals surface area contributed by atoms with Gasteiger partial charge in [0.15, 0.2) is 0 Å². The van der Waals surface area contributed by atoms with Crippen LogP contribution < -0.4 is 16.4 Å². The molecule has 2 saturated heterocycles. The van der Waals surface area contributed by atoms with E-state index in [9.17, 15) is 19.2 Å². The summed E-state index contributed by atoms with van der Waals surface area (Å²) in [7, 11) is 0. The topological polar surface area (TPSA) is 188 Å². The minimum absolute atomic E-state index is 0.185. The van der Waals surface area contributed by atoms with Crippen LogP contribution in [0, 0.1) is 0 Å². The summed E-state index contributed by atoms with van der Waals surface area (Å²) < 4.78 is 0. The van der Waals surface area contributed by atoms with Gasteiger partial charge in [-0.2, -0.15) is 0 Å². The number of carboxylic acids is 1. The van der Waals surface area contributed by atoms with Gasteiger partial charge in [-0.1, -0.05) is 0 Å². The summed E-state index contributed by atoms with van der Waals surface area (Å²) in [5.74, 6) is -2.34. The maximum absolute atomic E-state index is 13.0. The highest BCUT2D eigenvalue weighted by atomic mass is 16.4. The lowest BCUT2D eigenvalue weighted by atomic mass is 10.1. The highest BCUT2D eigenvalue weighted by Gasteiger charge is 2.38. The van der Waals surface area contributed by atoms with E-state index in [1.165, 1.54) is 11.2 Å². The van der Waals surface area contributed by atoms with E-state index in [-0.39, 0.29) is 24.7 Å². The highest BCUT2D eigenvalue weighted by molar-refractivity contribution is 5.95. The van der Waals surface area contributed by atoms with Gasteiger partial charge in [0, 0.05) is 38.2 Å². The summed E-state index contributed by atoms with van der Waals surface area (Å²) in [6.45, 7) is 1.50. The molecule has 2 aliphatic rings. The van der Waals surface area contributed by atoms with E-state index >= 15 is 0 Å². The van der Waals surface area contributed by atoms with E-state index in [1.807, 2.05) is 0 Å². The zero-order valence-electron chi connectivity index (χ0n) is 16.6. The van der Waals surface area contributed by atoms with Crippen LogP contribution in [0.5, 0.6) is 0 Å². The van der Waals surface area contributed by atoms with Crippen molar-refractivity contribution in [1.82, 2.24) is 25.5 Å². The molecule has 0 saturated carbocycles. The SMILES string of the molecule is CC(=O)O.NC(=O)C1CCCN1C(=O)C(Cc1cnc[nH]1)NC(=O)C1CCC(=O)N1. The molecule has 3 unspecified atom stereocenters. The Hall–Kier alpha value is -3.44. The van der Waals surface area contributed by atoms with E-state index in [4.69, 9.17) is 15.6 Å². The van der Waals surface area contributed by atoms with E-state index in [1.54, 1.807) is 6.20 Å². The van der Waals surface area contributed by atoms with Gasteiger partial charge in [-0.25, -0.2) is 4.98 Å². The van der Waals surface area contributed by atoms with Gasteiger partial charge in [0.1, 0.15) is 18.1 Å². The molecule has 0 aromatic carbocycles. The quantitative estimate of drug-likeness (QED) is 0.360. The van der Waals surface area contributed by atoms with Gasteiger partial charge in [0.05, 0.1) is 6.33 Å². The average molecular weight is 422 g/mol. The number of H-pyrrole nitrogens is 1. The second-order valence-corrected chi connectivity index (χ2v) is 7.11. The van der Waals surface area contributed by atoms with Crippen LogP contribution in [0.2, 0.25) is 0 Å². The molecule has 3 heterocycles. The Morgan fingerprint density at radius 1 is 1.37 bits per heavy atom. The number of nitrogens with one attached hydrogen (secondary N) is 3. The number of carbonyl (C=O) groups is 5. The van der Waals surface area contributed by atoms with Gasteiger partial charge in [0.25, 0.3) is 5.97 Å². The molecule has 0 radical (unpaired) electrons. The maximum Gasteiger partial charge on any atom is 0.300 e. The fourth-order valence-corrected chi connectivity index (χ4v) is 3.43. The molecule has 12 heteroatoms. The lowest BCUT2D eigenvalue weighted by molar-refractivity contribution is -0.140. The molecule has 164 valence electrons. The minimum Gasteiger partial charge on any atom is -0.481 e. The number of nitrogens with zero attached hydrogens (tertiary/aromatic N) is 2. The number of hydrogen-bond acceptors (Lipinski definition) is 6. The lowest BCUT2D eigenvalue weighted by Gasteiger charge is -2.28. The van der Waals surface area contributed by atoms with Gasteiger partial charge in [-0.3, -0.25) is 24.0 Å². The Balaban J connectivity index is 0.000000735. The first-order valence-corrected chi connectivity index (χ1v) is 9.55. The van der Waals surface area contributed by atoms with Gasteiger partial charge in [0.2, 0.25) is 23.6 Å². The number of hydrogen-bond donors (Lipinski definition) is 5. The van der Waals surface area contributed by atoms with Gasteiger partial charge in [-0.05, 0) is 19.3 Å². The number of aromatic nitrogens is 2. The third kappa shape index (κ3) is 6.29. The molecule has 30 heavy (non-hydrogen) atoms. The van der Waals surface area contributed by atoms with E-state index in [0.29, 0.717) is 31.5 Å². The highest BCUT2D eigenvalue weighted by Crippen LogP contribution is 2.19. The normalized spacial score (nSPS) is 21.2. The predicted molar refractivity (Wildman–Crippen MR) is 103 cm³/mol. The van der Waals surface area contributed by atoms with E-state index < -0.39 is 35.9 Å². The first-order chi connectivity index (χ1) is 14.2. The van der Waals surface area contributed by atoms with Crippen molar-refractivity contribution in [3.05, 3.63) is 18.2 Å². The van der Waals surface area contributed by atoms with Crippen molar-refractivity contribution < 1.29 is 29.1 Å². The number of likely N-dealkylation sites (tertiary alicyclic amines) is 1. The third-order valence-corrected chi connectivity index (χ3v) is 4.77. The summed E-state index contributed by atoms with van der Waals surface area (Å²) in [5, 5.41) is 12.7. The third-order valence-electron chi connectivity index (χ3n) is 4.77. The Kier molecular flexibility index (Phi) is 7.90. The van der Waals surface area contributed by atoms with Crippen LogP contribution in [0.3, 0.4) is 0 Å². The number of amides is 4. The molecule has 0 bridgehead atoms. The molecule has 2 aliphatic heterocycles. The van der Waals surface area contributed by atoms with Crippen LogP contribution in [0.25, 0.3) is 0 Å². The fraction of sp³-hybridized carbons (Fsp3) is 0.556. The van der Waals surface area contributed by atoms with Crippen LogP contribution in [0.4, 0.5) is 0 Å². The monoisotopic (exact) mass is 422 g/mol. The summed E-state index contributed by atoms with van der Waals surface area (Å²) in [4.78, 5) is 65.6. The Labute approximate surface area is 172 Å². The molecule has 6 N–H and O–H groups in total. The molecular weight excluding hydrogens is 396 g/mol. The molecule has 4 amide bonds. The largest absolute Gasteiger partial charge is 0.481 e. The summed E-state index contributed by atoms with van der Waals surface area (Å²) in [6, 6.07) is -2.18. The fourth-order valence-electron chi connectivity index (χ4n) is 3.43. The Morgan fingerprint density at radius 2 is 2.07 bits per heavy atom. The minimum atomic E-state index is -0.875. The first kappa shape index (κ1) is 22.8. The van der Waals surface area contributed by atoms with Crippen LogP contribution in [-0.2, 0) is 30.4 Å². The molecular formula is C18H26N6O6. The molecule has 2 fully saturated rings.